The Morgan fingerprint density at radius 2 is 2.21 bits per heavy atom. The second kappa shape index (κ2) is 6.78. The van der Waals surface area contributed by atoms with Crippen molar-refractivity contribution in [1.82, 2.24) is 10.6 Å². The number of carbonyl (C=O) groups excluding carboxylic acids is 1. The maximum atomic E-state index is 11.0. The number of amides is 2. The van der Waals surface area contributed by atoms with E-state index in [1.807, 2.05) is 0 Å². The van der Waals surface area contributed by atoms with Gasteiger partial charge in [0.1, 0.15) is 6.04 Å². The van der Waals surface area contributed by atoms with E-state index < -0.39 is 18.0 Å². The standard InChI is InChI=1S/C9H14N2O3/c1-3-4-5-6-10-9(14)11-7(2)8(12)13/h1,7H,4-6H2,2H3,(H,12,13)(H2,10,11,14)/t7-/m0/s1. The first kappa shape index (κ1) is 12.3. The first-order valence-corrected chi connectivity index (χ1v) is 4.28. The number of carbonyl (C=O) groups is 2. The fourth-order valence-corrected chi connectivity index (χ4v) is 0.702. The fourth-order valence-electron chi connectivity index (χ4n) is 0.702. The van der Waals surface area contributed by atoms with E-state index in [4.69, 9.17) is 11.5 Å². The van der Waals surface area contributed by atoms with Crippen LogP contribution in [0.4, 0.5) is 4.79 Å². The van der Waals surface area contributed by atoms with Gasteiger partial charge in [-0.2, -0.15) is 0 Å². The van der Waals surface area contributed by atoms with Gasteiger partial charge in [0.05, 0.1) is 0 Å². The summed E-state index contributed by atoms with van der Waals surface area (Å²) >= 11 is 0. The molecule has 0 unspecified atom stereocenters. The largest absolute Gasteiger partial charge is 0.480 e. The van der Waals surface area contributed by atoms with E-state index in [1.54, 1.807) is 0 Å². The number of hydrogen-bond acceptors (Lipinski definition) is 2. The molecule has 14 heavy (non-hydrogen) atoms. The molecular formula is C9H14N2O3. The van der Waals surface area contributed by atoms with Gasteiger partial charge in [0.15, 0.2) is 0 Å². The minimum Gasteiger partial charge on any atom is -0.480 e. The molecule has 0 radical (unpaired) electrons. The Hall–Kier alpha value is -1.70. The van der Waals surface area contributed by atoms with Crippen LogP contribution in [0.5, 0.6) is 0 Å². The molecule has 0 aliphatic rings. The first-order chi connectivity index (χ1) is 6.57. The number of terminal acetylenes is 1. The van der Waals surface area contributed by atoms with Crippen LogP contribution in [0, 0.1) is 12.3 Å². The molecule has 0 saturated carbocycles. The summed E-state index contributed by atoms with van der Waals surface area (Å²) in [6, 6.07) is -1.38. The van der Waals surface area contributed by atoms with Crippen molar-refractivity contribution in [1.29, 1.82) is 0 Å². The van der Waals surface area contributed by atoms with Crippen molar-refractivity contribution in [3.63, 3.8) is 0 Å². The van der Waals surface area contributed by atoms with Crippen LogP contribution >= 0.6 is 0 Å². The van der Waals surface area contributed by atoms with E-state index in [-0.39, 0.29) is 0 Å². The molecule has 0 aromatic carbocycles. The molecule has 2 amide bonds. The third-order valence-electron chi connectivity index (χ3n) is 1.50. The smallest absolute Gasteiger partial charge is 0.325 e. The minimum absolute atomic E-state index is 0.447. The van der Waals surface area contributed by atoms with Crippen LogP contribution in [0.1, 0.15) is 19.8 Å². The van der Waals surface area contributed by atoms with E-state index in [0.717, 1.165) is 0 Å². The summed E-state index contributed by atoms with van der Waals surface area (Å²) in [5, 5.41) is 13.2. The highest BCUT2D eigenvalue weighted by molar-refractivity contribution is 5.82. The summed E-state index contributed by atoms with van der Waals surface area (Å²) < 4.78 is 0. The first-order valence-electron chi connectivity index (χ1n) is 4.28. The molecule has 78 valence electrons. The predicted octanol–water partition coefficient (Wildman–Crippen LogP) is 0.172. The molecule has 0 heterocycles. The number of rotatable bonds is 5. The molecule has 0 spiro atoms. The summed E-state index contributed by atoms with van der Waals surface area (Å²) in [6.07, 6.45) is 6.29. The van der Waals surface area contributed by atoms with Crippen LogP contribution < -0.4 is 10.6 Å². The van der Waals surface area contributed by atoms with Gasteiger partial charge < -0.3 is 15.7 Å². The Bertz CT molecular complexity index is 245. The number of carboxylic acids is 1. The van der Waals surface area contributed by atoms with E-state index in [1.165, 1.54) is 6.92 Å². The van der Waals surface area contributed by atoms with Crippen LogP contribution in [-0.4, -0.2) is 29.7 Å². The highest BCUT2D eigenvalue weighted by Crippen LogP contribution is 1.84. The van der Waals surface area contributed by atoms with Gasteiger partial charge in [-0.3, -0.25) is 4.79 Å². The second-order valence-electron chi connectivity index (χ2n) is 2.77. The molecule has 3 N–H and O–H groups in total. The molecule has 0 saturated heterocycles. The topological polar surface area (TPSA) is 78.4 Å². The summed E-state index contributed by atoms with van der Waals surface area (Å²) in [5.41, 5.74) is 0. The average Bonchev–Trinajstić information content (AvgIpc) is 2.12. The number of nitrogens with one attached hydrogen (secondary N) is 2. The van der Waals surface area contributed by atoms with Gasteiger partial charge in [-0.05, 0) is 13.3 Å². The maximum Gasteiger partial charge on any atom is 0.325 e. The maximum absolute atomic E-state index is 11.0. The van der Waals surface area contributed by atoms with Crippen molar-refractivity contribution >= 4 is 12.0 Å². The molecule has 0 bridgehead atoms. The summed E-state index contributed by atoms with van der Waals surface area (Å²) in [4.78, 5) is 21.3. The number of aliphatic carboxylic acids is 1. The monoisotopic (exact) mass is 198 g/mol. The SMILES string of the molecule is C#CCCCNC(=O)N[C@@H](C)C(=O)O. The normalized spacial score (nSPS) is 11.1. The van der Waals surface area contributed by atoms with E-state index in [2.05, 4.69) is 16.6 Å². The Kier molecular flexibility index (Phi) is 5.95. The third-order valence-corrected chi connectivity index (χ3v) is 1.50. The fraction of sp³-hybridized carbons (Fsp3) is 0.556. The average molecular weight is 198 g/mol. The zero-order valence-corrected chi connectivity index (χ0v) is 8.04. The number of carboxylic acid groups (broad SMARTS) is 1. The molecular weight excluding hydrogens is 184 g/mol. The van der Waals surface area contributed by atoms with E-state index in [0.29, 0.717) is 19.4 Å². The van der Waals surface area contributed by atoms with Gasteiger partial charge in [-0.25, -0.2) is 4.79 Å². The highest BCUT2D eigenvalue weighted by atomic mass is 16.4. The molecule has 1 atom stereocenters. The van der Waals surface area contributed by atoms with Gasteiger partial charge >= 0.3 is 12.0 Å². The number of hydrogen-bond donors (Lipinski definition) is 3. The van der Waals surface area contributed by atoms with Crippen molar-refractivity contribution in [2.45, 2.75) is 25.8 Å². The lowest BCUT2D eigenvalue weighted by atomic mass is 10.3. The summed E-state index contributed by atoms with van der Waals surface area (Å²) in [7, 11) is 0. The van der Waals surface area contributed by atoms with Crippen molar-refractivity contribution in [3.05, 3.63) is 0 Å². The zero-order valence-electron chi connectivity index (χ0n) is 8.04. The zero-order chi connectivity index (χ0) is 11.0. The molecule has 0 fully saturated rings. The predicted molar refractivity (Wildman–Crippen MR) is 51.7 cm³/mol. The van der Waals surface area contributed by atoms with Crippen LogP contribution in [0.2, 0.25) is 0 Å². The lowest BCUT2D eigenvalue weighted by Gasteiger charge is -2.09. The Labute approximate surface area is 82.9 Å². The third kappa shape index (κ3) is 5.89. The van der Waals surface area contributed by atoms with Crippen LogP contribution in [0.3, 0.4) is 0 Å². The minimum atomic E-state index is -1.07. The Morgan fingerprint density at radius 3 is 2.71 bits per heavy atom. The number of urea groups is 1. The van der Waals surface area contributed by atoms with Crippen LogP contribution in [0.25, 0.3) is 0 Å². The number of unbranched alkanes of at least 4 members (excludes halogenated alkanes) is 1. The van der Waals surface area contributed by atoms with Gasteiger partial charge in [-0.15, -0.1) is 12.3 Å². The van der Waals surface area contributed by atoms with Gasteiger partial charge in [0.25, 0.3) is 0 Å². The van der Waals surface area contributed by atoms with Gasteiger partial charge in [0.2, 0.25) is 0 Å². The molecule has 5 nitrogen and oxygen atoms in total. The van der Waals surface area contributed by atoms with E-state index >= 15 is 0 Å². The van der Waals surface area contributed by atoms with Crippen LogP contribution in [0.15, 0.2) is 0 Å². The van der Waals surface area contributed by atoms with Crippen molar-refractivity contribution < 1.29 is 14.7 Å². The summed E-state index contributed by atoms with van der Waals surface area (Å²) in [5.74, 6) is 1.37. The van der Waals surface area contributed by atoms with Gasteiger partial charge in [-0.1, -0.05) is 0 Å². The lowest BCUT2D eigenvalue weighted by molar-refractivity contribution is -0.138. The Balaban J connectivity index is 3.56. The molecule has 5 heteroatoms. The van der Waals surface area contributed by atoms with Crippen molar-refractivity contribution in [2.24, 2.45) is 0 Å². The lowest BCUT2D eigenvalue weighted by Crippen LogP contribution is -2.44. The van der Waals surface area contributed by atoms with E-state index in [9.17, 15) is 9.59 Å². The van der Waals surface area contributed by atoms with Crippen LogP contribution in [-0.2, 0) is 4.79 Å². The molecule has 0 aliphatic carbocycles. The second-order valence-corrected chi connectivity index (χ2v) is 2.77. The molecule has 0 aromatic heterocycles. The highest BCUT2D eigenvalue weighted by Gasteiger charge is 2.12. The summed E-state index contributed by atoms with van der Waals surface area (Å²) in [6.45, 7) is 1.84. The Morgan fingerprint density at radius 1 is 1.57 bits per heavy atom. The van der Waals surface area contributed by atoms with Crippen molar-refractivity contribution in [2.75, 3.05) is 6.54 Å². The molecule has 0 aliphatic heterocycles. The quantitative estimate of drug-likeness (QED) is 0.435. The van der Waals surface area contributed by atoms with Gasteiger partial charge in [0, 0.05) is 13.0 Å². The molecule has 0 aromatic rings. The van der Waals surface area contributed by atoms with Crippen molar-refractivity contribution in [3.8, 4) is 12.3 Å². The molecule has 0 rings (SSSR count).